The van der Waals surface area contributed by atoms with E-state index in [4.69, 9.17) is 50.6 Å². The smallest absolute Gasteiger partial charge is 0.193 e. The summed E-state index contributed by atoms with van der Waals surface area (Å²) in [5.41, 5.74) is 1.93. The first kappa shape index (κ1) is 85.1. The van der Waals surface area contributed by atoms with E-state index in [1.54, 1.807) is 37.4 Å². The molecule has 18 atom stereocenters. The second kappa shape index (κ2) is 32.5. The number of ketones is 1. The average Bonchev–Trinajstić information content (AvgIpc) is 1.19. The molecule has 21 heteroatoms. The van der Waals surface area contributed by atoms with Crippen LogP contribution >= 0.6 is 0 Å². The Labute approximate surface area is 601 Å². The summed E-state index contributed by atoms with van der Waals surface area (Å²) in [6.07, 6.45) is 1.48. The number of carbonyl (C=O) groups is 1. The topological polar surface area (TPSA) is 177 Å². The molecule has 0 aliphatic carbocycles. The Morgan fingerprint density at radius 1 is 0.663 bits per heavy atom. The van der Waals surface area contributed by atoms with E-state index in [-0.39, 0.29) is 67.2 Å². The van der Waals surface area contributed by atoms with E-state index >= 15 is 13.2 Å². The Hall–Kier alpha value is -1.81. The van der Waals surface area contributed by atoms with Crippen LogP contribution < -0.4 is 0 Å². The minimum Gasteiger partial charge on any atom is -0.414 e. The van der Waals surface area contributed by atoms with Crippen molar-refractivity contribution in [3.8, 4) is 6.07 Å². The van der Waals surface area contributed by atoms with E-state index < -0.39 is 142 Å². The molecule has 1 aromatic rings. The molecule has 5 heterocycles. The van der Waals surface area contributed by atoms with Crippen LogP contribution in [0.1, 0.15) is 188 Å². The molecule has 1 unspecified atom stereocenters. The zero-order valence-corrected chi connectivity index (χ0v) is 72.2. The summed E-state index contributed by atoms with van der Waals surface area (Å²) in [6, 6.07) is 10.6. The first-order valence-corrected chi connectivity index (χ1v) is 53.2. The van der Waals surface area contributed by atoms with Crippen molar-refractivity contribution < 1.29 is 63.8 Å². The standard InChI is InChI=1S/C77H137NO14SSi5/c1-31-36-62(90-96(25,26)75(11,12)13)69-71(92-98(29,30)77(17,18)19)70(91-97(27,28)76(14,15)16)68-61(88-69)43-41-56(86-68)47-59(79)72(93(80,81)58-38-33-32-34-39-58)66-64(49-63-53(4)51(2)45-55(85-63)40-42-60-52(3)46-54(84-60)37-35-44-78)87-65(67(66)82-20)48-57(89-95(23,24)74(8,9)10)50-83-94(21,22)73(5,6)7/h31-34,36,38-39,51,54-57,60-72H,3-4,35,37,40-43,45-50H2,1-2,5-30H3/b36-31+/t51-,54+,55+,56-,57+,60+,61+,62+,63-,64+,65-,66+,67+,68+,69+,70+,71-,72?/m1/s1. The van der Waals surface area contributed by atoms with Gasteiger partial charge in [0.2, 0.25) is 0 Å². The highest BCUT2D eigenvalue weighted by atomic mass is 32.2. The highest BCUT2D eigenvalue weighted by Gasteiger charge is 2.61. The maximum Gasteiger partial charge on any atom is 0.193 e. The Morgan fingerprint density at radius 2 is 1.21 bits per heavy atom. The van der Waals surface area contributed by atoms with Crippen LogP contribution in [0.5, 0.6) is 0 Å². The molecular weight excluding hydrogens is 1340 g/mol. The van der Waals surface area contributed by atoms with Gasteiger partial charge in [0.1, 0.15) is 29.7 Å². The number of hydrogen-bond donors (Lipinski definition) is 0. The summed E-state index contributed by atoms with van der Waals surface area (Å²) >= 11 is 0. The number of ether oxygens (including phenoxy) is 6. The monoisotopic (exact) mass is 1470 g/mol. The lowest BCUT2D eigenvalue weighted by Gasteiger charge is -2.56. The first-order valence-electron chi connectivity index (χ1n) is 37.1. The minimum absolute atomic E-state index is 0.0279. The number of carbonyl (C=O) groups excluding carboxylic acids is 1. The van der Waals surface area contributed by atoms with E-state index in [0.29, 0.717) is 51.6 Å². The number of nitrogens with zero attached hydrogens (tertiary/aromatic N) is 1. The number of nitriles is 1. The normalized spacial score (nSPS) is 30.3. The van der Waals surface area contributed by atoms with Crippen molar-refractivity contribution in [2.24, 2.45) is 11.8 Å². The summed E-state index contributed by atoms with van der Waals surface area (Å²) in [5.74, 6) is -1.44. The van der Waals surface area contributed by atoms with Crippen LogP contribution in [0.15, 0.2) is 71.7 Å². The highest BCUT2D eigenvalue weighted by molar-refractivity contribution is 7.92. The van der Waals surface area contributed by atoms with Crippen molar-refractivity contribution in [3.05, 3.63) is 66.8 Å². The van der Waals surface area contributed by atoms with E-state index in [1.807, 2.05) is 6.92 Å². The van der Waals surface area contributed by atoms with Crippen molar-refractivity contribution in [2.75, 3.05) is 13.7 Å². The Morgan fingerprint density at radius 3 is 1.76 bits per heavy atom. The largest absolute Gasteiger partial charge is 0.414 e. The number of fused-ring (bicyclic) bond motifs is 1. The second-order valence-corrected chi connectivity index (χ2v) is 63.2. The van der Waals surface area contributed by atoms with Crippen LogP contribution in [0.3, 0.4) is 0 Å². The third-order valence-corrected chi connectivity index (χ3v) is 49.4. The molecule has 15 nitrogen and oxygen atoms in total. The molecule has 0 bridgehead atoms. The zero-order chi connectivity index (χ0) is 74.1. The molecule has 0 radical (unpaired) electrons. The molecule has 5 fully saturated rings. The maximum atomic E-state index is 16.5. The number of sulfone groups is 1. The minimum atomic E-state index is -4.52. The van der Waals surface area contributed by atoms with E-state index in [1.165, 1.54) is 0 Å². The van der Waals surface area contributed by atoms with Crippen molar-refractivity contribution in [2.45, 2.75) is 381 Å². The van der Waals surface area contributed by atoms with Gasteiger partial charge in [-0.05, 0) is 172 Å². The fraction of sp³-hybridized carbons (Fsp3) is 0.818. The van der Waals surface area contributed by atoms with Crippen LogP contribution in [0.25, 0.3) is 0 Å². The molecule has 560 valence electrons. The molecule has 98 heavy (non-hydrogen) atoms. The van der Waals surface area contributed by atoms with Crippen LogP contribution in [-0.4, -0.2) is 166 Å². The first-order chi connectivity index (χ1) is 44.7. The maximum absolute atomic E-state index is 16.5. The molecule has 5 aliphatic rings. The van der Waals surface area contributed by atoms with Crippen molar-refractivity contribution in [1.82, 2.24) is 0 Å². The van der Waals surface area contributed by atoms with E-state index in [0.717, 1.165) is 24.0 Å². The van der Waals surface area contributed by atoms with Gasteiger partial charge in [0, 0.05) is 38.7 Å². The van der Waals surface area contributed by atoms with Crippen molar-refractivity contribution >= 4 is 57.2 Å². The van der Waals surface area contributed by atoms with Gasteiger partial charge in [-0.25, -0.2) is 8.42 Å². The number of methoxy groups -OCH3 is 1. The molecular formula is C77H137NO14SSi5. The van der Waals surface area contributed by atoms with Gasteiger partial charge in [-0.1, -0.05) is 154 Å². The second-order valence-electron chi connectivity index (χ2n) is 37.3. The van der Waals surface area contributed by atoms with Gasteiger partial charge in [0.25, 0.3) is 0 Å². The van der Waals surface area contributed by atoms with Crippen LogP contribution in [0.4, 0.5) is 0 Å². The molecule has 0 N–H and O–H groups in total. The fourth-order valence-electron chi connectivity index (χ4n) is 13.4. The number of benzene rings is 1. The summed E-state index contributed by atoms with van der Waals surface area (Å²) in [4.78, 5) is 16.6. The van der Waals surface area contributed by atoms with Gasteiger partial charge in [-0.15, -0.1) is 0 Å². The zero-order valence-electron chi connectivity index (χ0n) is 66.4. The van der Waals surface area contributed by atoms with Gasteiger partial charge < -0.3 is 50.6 Å². The van der Waals surface area contributed by atoms with Crippen LogP contribution in [0.2, 0.25) is 90.7 Å². The number of rotatable bonds is 29. The molecule has 0 amide bonds. The molecule has 0 spiro atoms. The number of Topliss-reactive ketones (excluding diaryl/α,β-unsaturated/α-hetero) is 1. The molecule has 1 aromatic carbocycles. The van der Waals surface area contributed by atoms with E-state index in [2.05, 4.69) is 208 Å². The Kier molecular flexibility index (Phi) is 28.2. The fourth-order valence-corrected chi connectivity index (χ4v) is 21.7. The third-order valence-electron chi connectivity index (χ3n) is 24.8. The summed E-state index contributed by atoms with van der Waals surface area (Å²) in [6.45, 7) is 69.8. The summed E-state index contributed by atoms with van der Waals surface area (Å²) < 4.78 is 113. The quantitative estimate of drug-likeness (QED) is 0.0546. The van der Waals surface area contributed by atoms with Gasteiger partial charge in [0.15, 0.2) is 57.2 Å². The lowest BCUT2D eigenvalue weighted by molar-refractivity contribution is -0.266. The Bertz CT molecular complexity index is 3010. The van der Waals surface area contributed by atoms with Crippen LogP contribution in [-0.2, 0) is 65.2 Å². The number of hydrogen-bond acceptors (Lipinski definition) is 15. The van der Waals surface area contributed by atoms with E-state index in [9.17, 15) is 5.26 Å². The lowest BCUT2D eigenvalue weighted by atomic mass is 9.81. The lowest BCUT2D eigenvalue weighted by Crippen LogP contribution is -2.69. The van der Waals surface area contributed by atoms with Crippen LogP contribution in [0, 0.1) is 23.2 Å². The summed E-state index contributed by atoms with van der Waals surface area (Å²) in [7, 11) is -15.4. The average molecular weight is 1470 g/mol. The number of allylic oxidation sites excluding steroid dienone is 1. The van der Waals surface area contributed by atoms with Crippen molar-refractivity contribution in [1.29, 1.82) is 5.26 Å². The SMILES string of the molecule is C=C1C[C@H](CCC#N)O[C@H]1CC[C@H]1C[C@@H](C)C(=C)[C@@H](C[C@@H]2O[C@H](C[C@@H](CO[Si](C)(C)C(C)(C)C)O[Si](C)(C)C(C)(C)C)[C@H](OC)[C@H]2C(C(=O)C[C@H]2CC[C@@H]3O[C@@H]([C@H](/C=C/C)O[Si](C)(C)C(C)(C)C)[C@@H](O[Si](C)(C)C(C)(C)C)[C@@H](O[Si](C)(C)C(C)(C)C)[C@H]3O2)S(=O)(=O)c2ccccc2)O1. The predicted octanol–water partition coefficient (Wildman–Crippen LogP) is 18.6. The molecule has 5 aliphatic heterocycles. The molecule has 5 saturated heterocycles. The third kappa shape index (κ3) is 20.4. The van der Waals surface area contributed by atoms with Gasteiger partial charge in [-0.2, -0.15) is 5.26 Å². The molecule has 6 rings (SSSR count). The predicted molar refractivity (Wildman–Crippen MR) is 410 cm³/mol. The molecule has 0 saturated carbocycles. The molecule has 0 aromatic heterocycles. The van der Waals surface area contributed by atoms with Gasteiger partial charge in [0.05, 0.1) is 84.7 Å². The highest BCUT2D eigenvalue weighted by Crippen LogP contribution is 2.50. The van der Waals surface area contributed by atoms with Gasteiger partial charge in [-0.3, -0.25) is 4.79 Å². The summed E-state index contributed by atoms with van der Waals surface area (Å²) in [5, 5.41) is 6.96. The van der Waals surface area contributed by atoms with Gasteiger partial charge >= 0.3 is 0 Å². The van der Waals surface area contributed by atoms with Crippen molar-refractivity contribution in [3.63, 3.8) is 0 Å². The Balaban J connectivity index is 1.49.